The molecule has 3 heterocycles. The molecule has 0 bridgehead atoms. The molecule has 2 amide bonds. The number of halogens is 3. The van der Waals surface area contributed by atoms with Crippen molar-refractivity contribution in [3.8, 4) is 17.3 Å². The molecular formula is C20H18F3N5O3. The third-order valence-corrected chi connectivity index (χ3v) is 4.79. The number of nitrogens with zero attached hydrogens (tertiary/aromatic N) is 4. The molecule has 0 saturated carbocycles. The molecule has 0 unspecified atom stereocenters. The number of hydrogen-bond donors (Lipinski definition) is 1. The number of alkyl halides is 3. The molecule has 1 aromatic carbocycles. The van der Waals surface area contributed by atoms with Gasteiger partial charge in [0.25, 0.3) is 0 Å². The van der Waals surface area contributed by atoms with Crippen LogP contribution in [0.4, 0.5) is 23.7 Å². The standard InChI is InChI=1S/C20H18F3N5O3/c21-20(22,23)30-15-5-3-4-14(12-15)25-19(29)28-10-7-13(8-11-28)18-26-17(27-31-18)16-6-1-2-9-24-16/h1-6,9,12-13H,7-8,10-11H2,(H,25,29). The lowest BCUT2D eigenvalue weighted by atomic mass is 9.97. The molecular weight excluding hydrogens is 415 g/mol. The summed E-state index contributed by atoms with van der Waals surface area (Å²) in [4.78, 5) is 22.7. The number of urea groups is 1. The summed E-state index contributed by atoms with van der Waals surface area (Å²) in [6.07, 6.45) is -1.91. The van der Waals surface area contributed by atoms with Crippen LogP contribution in [0.1, 0.15) is 24.7 Å². The molecule has 1 aliphatic rings. The second-order valence-electron chi connectivity index (χ2n) is 6.94. The third kappa shape index (κ3) is 5.30. The van der Waals surface area contributed by atoms with E-state index >= 15 is 0 Å². The van der Waals surface area contributed by atoms with E-state index in [0.717, 1.165) is 12.1 Å². The van der Waals surface area contributed by atoms with E-state index < -0.39 is 18.1 Å². The van der Waals surface area contributed by atoms with Crippen molar-refractivity contribution in [1.82, 2.24) is 20.0 Å². The number of anilines is 1. The van der Waals surface area contributed by atoms with Crippen molar-refractivity contribution in [2.75, 3.05) is 18.4 Å². The second-order valence-corrected chi connectivity index (χ2v) is 6.94. The molecule has 0 atom stereocenters. The van der Waals surface area contributed by atoms with Gasteiger partial charge in [0.2, 0.25) is 11.7 Å². The molecule has 3 aromatic rings. The van der Waals surface area contributed by atoms with Gasteiger partial charge >= 0.3 is 12.4 Å². The average molecular weight is 433 g/mol. The molecule has 8 nitrogen and oxygen atoms in total. The smallest absolute Gasteiger partial charge is 0.406 e. The first kappa shape index (κ1) is 20.6. The maximum Gasteiger partial charge on any atom is 0.573 e. The number of rotatable bonds is 4. The number of carbonyl (C=O) groups excluding carboxylic acids is 1. The Morgan fingerprint density at radius 1 is 1.16 bits per heavy atom. The molecule has 1 N–H and O–H groups in total. The summed E-state index contributed by atoms with van der Waals surface area (Å²) in [7, 11) is 0. The van der Waals surface area contributed by atoms with Crippen LogP contribution < -0.4 is 10.1 Å². The molecule has 0 aliphatic carbocycles. The van der Waals surface area contributed by atoms with Crippen LogP contribution in [0.5, 0.6) is 5.75 Å². The van der Waals surface area contributed by atoms with E-state index in [2.05, 4.69) is 25.2 Å². The molecule has 0 spiro atoms. The van der Waals surface area contributed by atoms with Crippen LogP contribution >= 0.6 is 0 Å². The first-order valence-electron chi connectivity index (χ1n) is 9.54. The minimum atomic E-state index is -4.80. The average Bonchev–Trinajstić information content (AvgIpc) is 3.24. The van der Waals surface area contributed by atoms with Crippen molar-refractivity contribution in [3.63, 3.8) is 0 Å². The van der Waals surface area contributed by atoms with Crippen molar-refractivity contribution in [2.45, 2.75) is 25.1 Å². The minimum Gasteiger partial charge on any atom is -0.406 e. The molecule has 0 radical (unpaired) electrons. The maximum atomic E-state index is 12.5. The Hall–Kier alpha value is -3.63. The van der Waals surface area contributed by atoms with Crippen LogP contribution in [0, 0.1) is 0 Å². The molecule has 162 valence electrons. The van der Waals surface area contributed by atoms with Gasteiger partial charge in [0, 0.05) is 37.0 Å². The monoisotopic (exact) mass is 433 g/mol. The number of amides is 2. The molecule has 31 heavy (non-hydrogen) atoms. The summed E-state index contributed by atoms with van der Waals surface area (Å²) in [6, 6.07) is 10.2. The number of benzene rings is 1. The number of hydrogen-bond acceptors (Lipinski definition) is 6. The van der Waals surface area contributed by atoms with Gasteiger partial charge in [-0.15, -0.1) is 13.2 Å². The first-order valence-corrected chi connectivity index (χ1v) is 9.54. The van der Waals surface area contributed by atoms with Gasteiger partial charge in [-0.25, -0.2) is 4.79 Å². The van der Waals surface area contributed by atoms with E-state index in [1.165, 1.54) is 12.1 Å². The number of ether oxygens (including phenoxy) is 1. The Morgan fingerprint density at radius 2 is 1.97 bits per heavy atom. The van der Waals surface area contributed by atoms with Gasteiger partial charge in [-0.1, -0.05) is 17.3 Å². The molecule has 4 rings (SSSR count). The highest BCUT2D eigenvalue weighted by Gasteiger charge is 2.31. The van der Waals surface area contributed by atoms with E-state index in [4.69, 9.17) is 4.52 Å². The van der Waals surface area contributed by atoms with E-state index in [9.17, 15) is 18.0 Å². The predicted octanol–water partition coefficient (Wildman–Crippen LogP) is 4.44. The highest BCUT2D eigenvalue weighted by Crippen LogP contribution is 2.29. The van der Waals surface area contributed by atoms with Gasteiger partial charge in [0.15, 0.2) is 0 Å². The highest BCUT2D eigenvalue weighted by atomic mass is 19.4. The van der Waals surface area contributed by atoms with Gasteiger partial charge in [-0.05, 0) is 37.1 Å². The van der Waals surface area contributed by atoms with E-state index in [-0.39, 0.29) is 11.6 Å². The summed E-state index contributed by atoms with van der Waals surface area (Å²) in [6.45, 7) is 0.882. The highest BCUT2D eigenvalue weighted by molar-refractivity contribution is 5.89. The number of nitrogens with one attached hydrogen (secondary N) is 1. The largest absolute Gasteiger partial charge is 0.573 e. The number of aromatic nitrogens is 3. The zero-order valence-electron chi connectivity index (χ0n) is 16.2. The van der Waals surface area contributed by atoms with Crippen molar-refractivity contribution >= 4 is 11.7 Å². The molecule has 1 fully saturated rings. The summed E-state index contributed by atoms with van der Waals surface area (Å²) in [5.41, 5.74) is 0.830. The third-order valence-electron chi connectivity index (χ3n) is 4.79. The second kappa shape index (κ2) is 8.62. The lowest BCUT2D eigenvalue weighted by molar-refractivity contribution is -0.274. The molecule has 11 heteroatoms. The SMILES string of the molecule is O=C(Nc1cccc(OC(F)(F)F)c1)N1CCC(c2nc(-c3ccccn3)no2)CC1. The van der Waals surface area contributed by atoms with Crippen LogP contribution in [-0.2, 0) is 0 Å². The summed E-state index contributed by atoms with van der Waals surface area (Å²) in [5.74, 6) is 0.524. The lowest BCUT2D eigenvalue weighted by Crippen LogP contribution is -2.40. The van der Waals surface area contributed by atoms with Crippen LogP contribution in [0.3, 0.4) is 0 Å². The maximum absolute atomic E-state index is 12.5. The van der Waals surface area contributed by atoms with E-state index in [1.54, 1.807) is 23.2 Å². The van der Waals surface area contributed by atoms with Crippen molar-refractivity contribution < 1.29 is 27.2 Å². The molecule has 1 aliphatic heterocycles. The Bertz CT molecular complexity index is 1030. The summed E-state index contributed by atoms with van der Waals surface area (Å²) < 4.78 is 46.3. The normalized spacial score (nSPS) is 15.0. The quantitative estimate of drug-likeness (QED) is 0.654. The summed E-state index contributed by atoms with van der Waals surface area (Å²) in [5, 5.41) is 6.57. The Labute approximate surface area is 175 Å². The van der Waals surface area contributed by atoms with Crippen LogP contribution in [-0.4, -0.2) is 45.5 Å². The zero-order chi connectivity index (χ0) is 21.8. The van der Waals surface area contributed by atoms with Crippen LogP contribution in [0.25, 0.3) is 11.5 Å². The van der Waals surface area contributed by atoms with Crippen molar-refractivity contribution in [1.29, 1.82) is 0 Å². The topological polar surface area (TPSA) is 93.4 Å². The van der Waals surface area contributed by atoms with Gasteiger partial charge in [0.05, 0.1) is 0 Å². The fourth-order valence-electron chi connectivity index (χ4n) is 3.30. The predicted molar refractivity (Wildman–Crippen MR) is 103 cm³/mol. The fraction of sp³-hybridized carbons (Fsp3) is 0.300. The fourth-order valence-corrected chi connectivity index (χ4v) is 3.30. The lowest BCUT2D eigenvalue weighted by Gasteiger charge is -2.30. The first-order chi connectivity index (χ1) is 14.9. The van der Waals surface area contributed by atoms with Gasteiger partial charge in [0.1, 0.15) is 11.4 Å². The Balaban J connectivity index is 1.32. The number of piperidine rings is 1. The van der Waals surface area contributed by atoms with Gasteiger partial charge in [-0.2, -0.15) is 4.98 Å². The number of pyridine rings is 1. The minimum absolute atomic E-state index is 0.0116. The van der Waals surface area contributed by atoms with Crippen LogP contribution in [0.2, 0.25) is 0 Å². The molecule has 2 aromatic heterocycles. The van der Waals surface area contributed by atoms with Gasteiger partial charge < -0.3 is 19.5 Å². The number of carbonyl (C=O) groups is 1. The zero-order valence-corrected chi connectivity index (χ0v) is 16.2. The van der Waals surface area contributed by atoms with Crippen molar-refractivity contribution in [3.05, 3.63) is 54.6 Å². The van der Waals surface area contributed by atoms with Gasteiger partial charge in [-0.3, -0.25) is 4.98 Å². The Kier molecular flexibility index (Phi) is 5.74. The number of likely N-dealkylation sites (tertiary alicyclic amines) is 1. The Morgan fingerprint density at radius 3 is 2.68 bits per heavy atom. The van der Waals surface area contributed by atoms with Crippen molar-refractivity contribution in [2.24, 2.45) is 0 Å². The van der Waals surface area contributed by atoms with E-state index in [1.807, 2.05) is 6.07 Å². The van der Waals surface area contributed by atoms with Crippen LogP contribution in [0.15, 0.2) is 53.2 Å². The summed E-state index contributed by atoms with van der Waals surface area (Å²) >= 11 is 0. The van der Waals surface area contributed by atoms with E-state index in [0.29, 0.717) is 43.3 Å². The molecule has 1 saturated heterocycles.